The SMILES string of the molecule is CCNC(C)C(C)c1nc(CSc2ccc(Cl)cc2)no1. The molecule has 6 heteroatoms. The summed E-state index contributed by atoms with van der Waals surface area (Å²) in [5, 5.41) is 8.17. The highest BCUT2D eigenvalue weighted by atomic mass is 35.5. The number of hydrogen-bond donors (Lipinski definition) is 1. The minimum absolute atomic E-state index is 0.201. The number of rotatable bonds is 7. The molecule has 1 aromatic heterocycles. The quantitative estimate of drug-likeness (QED) is 0.776. The molecular weight excluding hydrogens is 306 g/mol. The van der Waals surface area contributed by atoms with Crippen molar-refractivity contribution in [2.24, 2.45) is 0 Å². The molecule has 0 aliphatic carbocycles. The fraction of sp³-hybridized carbons (Fsp3) is 0.467. The smallest absolute Gasteiger partial charge is 0.231 e. The van der Waals surface area contributed by atoms with E-state index in [1.165, 1.54) is 0 Å². The first kappa shape index (κ1) is 16.3. The second-order valence-corrected chi connectivity index (χ2v) is 6.41. The molecule has 0 bridgehead atoms. The van der Waals surface area contributed by atoms with Crippen molar-refractivity contribution in [3.8, 4) is 0 Å². The molecule has 4 nitrogen and oxygen atoms in total. The highest BCUT2D eigenvalue weighted by molar-refractivity contribution is 7.98. The lowest BCUT2D eigenvalue weighted by Crippen LogP contribution is -2.30. The third kappa shape index (κ3) is 4.73. The number of nitrogens with one attached hydrogen (secondary N) is 1. The summed E-state index contributed by atoms with van der Waals surface area (Å²) in [5.41, 5.74) is 0. The average molecular weight is 326 g/mol. The van der Waals surface area contributed by atoms with Crippen LogP contribution in [0.1, 0.15) is 38.4 Å². The summed E-state index contributed by atoms with van der Waals surface area (Å²) in [5.74, 6) is 2.30. The predicted molar refractivity (Wildman–Crippen MR) is 86.9 cm³/mol. The number of nitrogens with zero attached hydrogens (tertiary/aromatic N) is 2. The number of thioether (sulfide) groups is 1. The minimum Gasteiger partial charge on any atom is -0.339 e. The topological polar surface area (TPSA) is 51.0 Å². The summed E-state index contributed by atoms with van der Waals surface area (Å²) in [4.78, 5) is 5.62. The molecule has 2 atom stereocenters. The zero-order valence-corrected chi connectivity index (χ0v) is 14.0. The van der Waals surface area contributed by atoms with E-state index in [1.807, 2.05) is 24.3 Å². The molecule has 21 heavy (non-hydrogen) atoms. The van der Waals surface area contributed by atoms with E-state index in [-0.39, 0.29) is 5.92 Å². The minimum atomic E-state index is 0.201. The molecule has 1 heterocycles. The molecule has 2 unspecified atom stereocenters. The van der Waals surface area contributed by atoms with Crippen LogP contribution < -0.4 is 5.32 Å². The number of hydrogen-bond acceptors (Lipinski definition) is 5. The van der Waals surface area contributed by atoms with Crippen molar-refractivity contribution in [2.75, 3.05) is 6.54 Å². The summed E-state index contributed by atoms with van der Waals surface area (Å²) in [6, 6.07) is 8.05. The van der Waals surface area contributed by atoms with Crippen LogP contribution in [0.25, 0.3) is 0 Å². The van der Waals surface area contributed by atoms with Crippen LogP contribution >= 0.6 is 23.4 Å². The van der Waals surface area contributed by atoms with Crippen LogP contribution in [0.5, 0.6) is 0 Å². The third-order valence-corrected chi connectivity index (χ3v) is 4.59. The van der Waals surface area contributed by atoms with Gasteiger partial charge >= 0.3 is 0 Å². The lowest BCUT2D eigenvalue weighted by molar-refractivity contribution is 0.330. The van der Waals surface area contributed by atoms with E-state index < -0.39 is 0 Å². The van der Waals surface area contributed by atoms with E-state index in [9.17, 15) is 0 Å². The maximum Gasteiger partial charge on any atom is 0.231 e. The number of benzene rings is 1. The zero-order chi connectivity index (χ0) is 15.2. The molecule has 0 saturated carbocycles. The lowest BCUT2D eigenvalue weighted by Gasteiger charge is -2.16. The van der Waals surface area contributed by atoms with Gasteiger partial charge in [-0.3, -0.25) is 0 Å². The molecule has 114 valence electrons. The largest absolute Gasteiger partial charge is 0.339 e. The first-order chi connectivity index (χ1) is 10.1. The normalized spacial score (nSPS) is 14.1. The Labute approximate surface area is 134 Å². The maximum atomic E-state index is 5.87. The highest BCUT2D eigenvalue weighted by Crippen LogP contribution is 2.24. The summed E-state index contributed by atoms with van der Waals surface area (Å²) in [6.45, 7) is 7.24. The Kier molecular flexibility index (Phi) is 6.08. The van der Waals surface area contributed by atoms with Gasteiger partial charge in [0.25, 0.3) is 0 Å². The Morgan fingerprint density at radius 1 is 1.29 bits per heavy atom. The van der Waals surface area contributed by atoms with Crippen molar-refractivity contribution < 1.29 is 4.52 Å². The first-order valence-corrected chi connectivity index (χ1v) is 8.40. The van der Waals surface area contributed by atoms with Crippen LogP contribution in [0, 0.1) is 0 Å². The second-order valence-electron chi connectivity index (χ2n) is 4.93. The fourth-order valence-corrected chi connectivity index (χ4v) is 2.77. The Morgan fingerprint density at radius 3 is 2.67 bits per heavy atom. The van der Waals surface area contributed by atoms with Gasteiger partial charge in [-0.1, -0.05) is 30.6 Å². The highest BCUT2D eigenvalue weighted by Gasteiger charge is 2.19. The third-order valence-electron chi connectivity index (χ3n) is 3.33. The van der Waals surface area contributed by atoms with Crippen molar-refractivity contribution in [3.05, 3.63) is 41.0 Å². The molecular formula is C15H20ClN3OS. The summed E-state index contributed by atoms with van der Waals surface area (Å²) >= 11 is 7.53. The van der Waals surface area contributed by atoms with Crippen molar-refractivity contribution in [3.63, 3.8) is 0 Å². The van der Waals surface area contributed by atoms with E-state index in [0.717, 1.165) is 22.3 Å². The molecule has 0 spiro atoms. The number of likely N-dealkylation sites (N-methyl/N-ethyl adjacent to an activating group) is 1. The molecule has 0 aliphatic rings. The van der Waals surface area contributed by atoms with Crippen molar-refractivity contribution in [2.45, 2.75) is 43.4 Å². The van der Waals surface area contributed by atoms with Crippen molar-refractivity contribution in [1.29, 1.82) is 0 Å². The summed E-state index contributed by atoms with van der Waals surface area (Å²) in [7, 11) is 0. The van der Waals surface area contributed by atoms with Gasteiger partial charge in [-0.2, -0.15) is 4.98 Å². The van der Waals surface area contributed by atoms with Crippen LogP contribution in [-0.2, 0) is 5.75 Å². The zero-order valence-electron chi connectivity index (χ0n) is 12.5. The fourth-order valence-electron chi connectivity index (χ4n) is 1.90. The molecule has 0 amide bonds. The maximum absolute atomic E-state index is 5.87. The van der Waals surface area contributed by atoms with Crippen LogP contribution in [0.4, 0.5) is 0 Å². The molecule has 0 radical (unpaired) electrons. The van der Waals surface area contributed by atoms with Crippen molar-refractivity contribution >= 4 is 23.4 Å². The Balaban J connectivity index is 1.92. The standard InChI is InChI=1S/C15H20ClN3OS/c1-4-17-11(3)10(2)15-18-14(19-20-15)9-21-13-7-5-12(16)6-8-13/h5-8,10-11,17H,4,9H2,1-3H3. The van der Waals surface area contributed by atoms with Gasteiger partial charge in [-0.25, -0.2) is 0 Å². The van der Waals surface area contributed by atoms with Gasteiger partial charge in [0.2, 0.25) is 5.89 Å². The molecule has 1 aromatic carbocycles. The molecule has 0 fully saturated rings. The summed E-state index contributed by atoms with van der Waals surface area (Å²) < 4.78 is 5.37. The first-order valence-electron chi connectivity index (χ1n) is 7.04. The van der Waals surface area contributed by atoms with Gasteiger partial charge in [0.1, 0.15) is 0 Å². The summed E-state index contributed by atoms with van der Waals surface area (Å²) in [6.07, 6.45) is 0. The van der Waals surface area contributed by atoms with Crippen LogP contribution in [-0.4, -0.2) is 22.7 Å². The van der Waals surface area contributed by atoms with Gasteiger partial charge in [0.05, 0.1) is 11.7 Å². The van der Waals surface area contributed by atoms with Crippen LogP contribution in [0.15, 0.2) is 33.7 Å². The monoisotopic (exact) mass is 325 g/mol. The van der Waals surface area contributed by atoms with Crippen molar-refractivity contribution in [1.82, 2.24) is 15.5 Å². The molecule has 0 aliphatic heterocycles. The lowest BCUT2D eigenvalue weighted by atomic mass is 10.0. The van der Waals surface area contributed by atoms with Gasteiger partial charge in [0.15, 0.2) is 5.82 Å². The average Bonchev–Trinajstić information content (AvgIpc) is 2.95. The van der Waals surface area contributed by atoms with Gasteiger partial charge < -0.3 is 9.84 Å². The van der Waals surface area contributed by atoms with Crippen LogP contribution in [0.2, 0.25) is 5.02 Å². The second kappa shape index (κ2) is 7.82. The predicted octanol–water partition coefficient (Wildman–Crippen LogP) is 4.12. The molecule has 2 rings (SSSR count). The van der Waals surface area contributed by atoms with Crippen LogP contribution in [0.3, 0.4) is 0 Å². The van der Waals surface area contributed by atoms with Gasteiger partial charge in [0, 0.05) is 16.0 Å². The number of aromatic nitrogens is 2. The van der Waals surface area contributed by atoms with E-state index >= 15 is 0 Å². The van der Waals surface area contributed by atoms with E-state index in [2.05, 4.69) is 36.2 Å². The van der Waals surface area contributed by atoms with Gasteiger partial charge in [-0.05, 0) is 37.7 Å². The number of halogens is 1. The Morgan fingerprint density at radius 2 is 2.00 bits per heavy atom. The Bertz CT molecular complexity index is 558. The molecule has 2 aromatic rings. The molecule has 0 saturated heterocycles. The van der Waals surface area contributed by atoms with E-state index in [4.69, 9.17) is 16.1 Å². The van der Waals surface area contributed by atoms with Gasteiger partial charge in [-0.15, -0.1) is 11.8 Å². The van der Waals surface area contributed by atoms with E-state index in [1.54, 1.807) is 11.8 Å². The van der Waals surface area contributed by atoms with E-state index in [0.29, 0.717) is 17.7 Å². The Hall–Kier alpha value is -1.04. The molecule has 1 N–H and O–H groups in total.